The van der Waals surface area contributed by atoms with Crippen molar-refractivity contribution in [1.29, 1.82) is 0 Å². The van der Waals surface area contributed by atoms with Gasteiger partial charge < -0.3 is 15.8 Å². The lowest BCUT2D eigenvalue weighted by Crippen LogP contribution is -2.49. The molecule has 3 N–H and O–H groups in total. The van der Waals surface area contributed by atoms with Crippen molar-refractivity contribution in [1.82, 2.24) is 14.8 Å². The third-order valence-electron chi connectivity index (χ3n) is 5.46. The summed E-state index contributed by atoms with van der Waals surface area (Å²) >= 11 is 3.08. The maximum absolute atomic E-state index is 12.7. The number of nitrogens with one attached hydrogen (secondary N) is 1. The Balaban J connectivity index is 1.58. The summed E-state index contributed by atoms with van der Waals surface area (Å²) in [4.78, 5) is 22.2. The summed E-state index contributed by atoms with van der Waals surface area (Å²) in [6.07, 6.45) is 1.11. The van der Waals surface area contributed by atoms with Crippen LogP contribution in [0, 0.1) is 5.92 Å². The van der Waals surface area contributed by atoms with Gasteiger partial charge in [-0.05, 0) is 25.3 Å². The number of hydrogen-bond acceptors (Lipinski definition) is 8. The van der Waals surface area contributed by atoms with Crippen LogP contribution in [0.4, 0.5) is 5.82 Å². The van der Waals surface area contributed by atoms with Gasteiger partial charge in [-0.3, -0.25) is 9.48 Å². The number of aromatic nitrogens is 3. The summed E-state index contributed by atoms with van der Waals surface area (Å²) < 4.78 is 7.55. The van der Waals surface area contributed by atoms with Crippen LogP contribution in [0.2, 0.25) is 0 Å². The summed E-state index contributed by atoms with van der Waals surface area (Å²) in [7, 11) is 1.77. The molecule has 2 aromatic rings. The minimum atomic E-state index is -0.563. The molecule has 0 aromatic carbocycles. The zero-order valence-corrected chi connectivity index (χ0v) is 18.6. The van der Waals surface area contributed by atoms with Crippen molar-refractivity contribution < 1.29 is 9.53 Å². The van der Waals surface area contributed by atoms with E-state index in [1.807, 2.05) is 25.3 Å². The van der Waals surface area contributed by atoms with Crippen molar-refractivity contribution in [2.45, 2.75) is 44.8 Å². The molecule has 1 amide bonds. The standard InChI is InChI=1S/C19H26N6O2S2/c1-10(2)13-6-14(25(4)24-13)16(26)21-15-8-28-17(22-15)19-9-27-11(3)5-12(19)7-29-18(20)23-19/h6,8,10-12H,5,7,9H2,1-4H3,(H2,20,23)(H,21,26). The first-order chi connectivity index (χ1) is 13.8. The van der Waals surface area contributed by atoms with Crippen LogP contribution in [-0.4, -0.2) is 44.3 Å². The van der Waals surface area contributed by atoms with Gasteiger partial charge in [-0.1, -0.05) is 25.6 Å². The van der Waals surface area contributed by atoms with Gasteiger partial charge >= 0.3 is 0 Å². The van der Waals surface area contributed by atoms with Crippen LogP contribution >= 0.6 is 23.1 Å². The lowest BCUT2D eigenvalue weighted by atomic mass is 9.80. The lowest BCUT2D eigenvalue weighted by Gasteiger charge is -2.44. The van der Waals surface area contributed by atoms with Gasteiger partial charge in [0.25, 0.3) is 5.91 Å². The number of aliphatic imine (C=N–C) groups is 1. The highest BCUT2D eigenvalue weighted by Crippen LogP contribution is 2.47. The molecule has 3 unspecified atom stereocenters. The molecule has 0 radical (unpaired) electrons. The van der Waals surface area contributed by atoms with Gasteiger partial charge in [0.2, 0.25) is 0 Å². The summed E-state index contributed by atoms with van der Waals surface area (Å²) in [5, 5.41) is 10.6. The van der Waals surface area contributed by atoms with Gasteiger partial charge in [0.1, 0.15) is 22.1 Å². The molecular formula is C19H26N6O2S2. The number of amidine groups is 1. The summed E-state index contributed by atoms with van der Waals surface area (Å²) in [6, 6.07) is 1.82. The second-order valence-corrected chi connectivity index (χ2v) is 9.86. The zero-order valence-electron chi connectivity index (χ0n) is 17.0. The lowest BCUT2D eigenvalue weighted by molar-refractivity contribution is -0.0466. The van der Waals surface area contributed by atoms with Gasteiger partial charge in [0.05, 0.1) is 18.4 Å². The largest absolute Gasteiger partial charge is 0.379 e. The quantitative estimate of drug-likeness (QED) is 0.766. The predicted molar refractivity (Wildman–Crippen MR) is 117 cm³/mol. The molecule has 4 rings (SSSR count). The second-order valence-electron chi connectivity index (χ2n) is 7.96. The number of fused-ring (bicyclic) bond motifs is 1. The molecule has 29 heavy (non-hydrogen) atoms. The Labute approximate surface area is 178 Å². The molecule has 10 heteroatoms. The van der Waals surface area contributed by atoms with Gasteiger partial charge in [0.15, 0.2) is 5.17 Å². The van der Waals surface area contributed by atoms with Crippen molar-refractivity contribution in [3.05, 3.63) is 27.8 Å². The number of aryl methyl sites for hydroxylation is 1. The molecular weight excluding hydrogens is 408 g/mol. The third-order valence-corrected chi connectivity index (χ3v) is 7.43. The Morgan fingerprint density at radius 1 is 1.48 bits per heavy atom. The van der Waals surface area contributed by atoms with Gasteiger partial charge in [-0.2, -0.15) is 5.10 Å². The SMILES string of the molecule is CC1CC2CSC(N)=NC2(c2nc(NC(=O)c3cc(C(C)C)nn3C)cs2)CO1. The molecule has 1 saturated heterocycles. The molecule has 0 aliphatic carbocycles. The van der Waals surface area contributed by atoms with E-state index in [0.717, 1.165) is 22.9 Å². The first-order valence-electron chi connectivity index (χ1n) is 9.69. The normalized spacial score (nSPS) is 26.9. The topological polar surface area (TPSA) is 107 Å². The zero-order chi connectivity index (χ0) is 20.8. The predicted octanol–water partition coefficient (Wildman–Crippen LogP) is 2.93. The first-order valence-corrected chi connectivity index (χ1v) is 11.6. The number of carbonyl (C=O) groups excluding carboxylic acids is 1. The number of anilines is 1. The number of ether oxygens (including phenoxy) is 1. The average molecular weight is 435 g/mol. The van der Waals surface area contributed by atoms with Crippen LogP contribution in [0.1, 0.15) is 54.3 Å². The van der Waals surface area contributed by atoms with Crippen molar-refractivity contribution in [3.8, 4) is 0 Å². The van der Waals surface area contributed by atoms with Crippen LogP contribution in [0.15, 0.2) is 16.4 Å². The number of thioether (sulfide) groups is 1. The highest BCUT2D eigenvalue weighted by molar-refractivity contribution is 8.13. The van der Waals surface area contributed by atoms with Crippen molar-refractivity contribution >= 4 is 40.0 Å². The van der Waals surface area contributed by atoms with Crippen LogP contribution in [0.5, 0.6) is 0 Å². The molecule has 4 heterocycles. The Morgan fingerprint density at radius 3 is 3.00 bits per heavy atom. The van der Waals surface area contributed by atoms with Crippen LogP contribution in [0.25, 0.3) is 0 Å². The van der Waals surface area contributed by atoms with E-state index >= 15 is 0 Å². The summed E-state index contributed by atoms with van der Waals surface area (Å²) in [6.45, 7) is 6.64. The fourth-order valence-electron chi connectivity index (χ4n) is 3.77. The number of thiazole rings is 1. The van der Waals surface area contributed by atoms with Crippen LogP contribution < -0.4 is 11.1 Å². The monoisotopic (exact) mass is 434 g/mol. The molecule has 8 nitrogen and oxygen atoms in total. The third kappa shape index (κ3) is 3.80. The fourth-order valence-corrected chi connectivity index (χ4v) is 5.75. The number of amides is 1. The molecule has 2 aromatic heterocycles. The minimum absolute atomic E-state index is 0.197. The Kier molecular flexibility index (Phi) is 5.43. The molecule has 3 atom stereocenters. The fraction of sp³-hybridized carbons (Fsp3) is 0.579. The molecule has 1 fully saturated rings. The van der Waals surface area contributed by atoms with Crippen LogP contribution in [0.3, 0.4) is 0 Å². The molecule has 0 saturated carbocycles. The van der Waals surface area contributed by atoms with Gasteiger partial charge in [0, 0.05) is 24.1 Å². The van der Waals surface area contributed by atoms with Crippen LogP contribution in [-0.2, 0) is 17.3 Å². The molecule has 0 bridgehead atoms. The minimum Gasteiger partial charge on any atom is -0.379 e. The Morgan fingerprint density at radius 2 is 2.28 bits per heavy atom. The summed E-state index contributed by atoms with van der Waals surface area (Å²) in [5.41, 5.74) is 6.89. The van der Waals surface area contributed by atoms with E-state index in [1.54, 1.807) is 23.5 Å². The van der Waals surface area contributed by atoms with E-state index in [-0.39, 0.29) is 17.9 Å². The number of rotatable bonds is 4. The Bertz CT molecular complexity index is 952. The first kappa shape index (κ1) is 20.4. The Hall–Kier alpha value is -1.91. The molecule has 156 valence electrons. The second kappa shape index (κ2) is 7.73. The molecule has 0 spiro atoms. The highest BCUT2D eigenvalue weighted by Gasteiger charge is 2.49. The number of hydrogen-bond donors (Lipinski definition) is 2. The van der Waals surface area contributed by atoms with Gasteiger partial charge in [-0.15, -0.1) is 11.3 Å². The van der Waals surface area contributed by atoms with Crippen molar-refractivity contribution in [2.24, 2.45) is 23.7 Å². The molecule has 2 aliphatic rings. The van der Waals surface area contributed by atoms with Gasteiger partial charge in [-0.25, -0.2) is 9.98 Å². The maximum atomic E-state index is 12.7. The average Bonchev–Trinajstić information content (AvgIpc) is 3.29. The van der Waals surface area contributed by atoms with Crippen molar-refractivity contribution in [2.75, 3.05) is 17.7 Å². The molecule has 2 aliphatic heterocycles. The van der Waals surface area contributed by atoms with Crippen molar-refractivity contribution in [3.63, 3.8) is 0 Å². The number of nitrogens with two attached hydrogens (primary N) is 1. The number of nitrogens with zero attached hydrogens (tertiary/aromatic N) is 4. The van der Waals surface area contributed by atoms with E-state index in [9.17, 15) is 4.79 Å². The maximum Gasteiger partial charge on any atom is 0.275 e. The van der Waals surface area contributed by atoms with E-state index < -0.39 is 5.54 Å². The number of carbonyl (C=O) groups is 1. The summed E-state index contributed by atoms with van der Waals surface area (Å²) in [5.74, 6) is 1.75. The van der Waals surface area contributed by atoms with E-state index in [0.29, 0.717) is 29.2 Å². The highest BCUT2D eigenvalue weighted by atomic mass is 32.2. The van der Waals surface area contributed by atoms with E-state index in [2.05, 4.69) is 17.3 Å². The van der Waals surface area contributed by atoms with E-state index in [4.69, 9.17) is 20.4 Å². The van der Waals surface area contributed by atoms with E-state index in [1.165, 1.54) is 11.3 Å². The smallest absolute Gasteiger partial charge is 0.275 e.